The zero-order valence-corrected chi connectivity index (χ0v) is 10.9. The molecule has 1 unspecified atom stereocenters. The molecule has 3 heteroatoms. The van der Waals surface area contributed by atoms with Gasteiger partial charge in [-0.25, -0.2) is 0 Å². The van der Waals surface area contributed by atoms with Gasteiger partial charge in [0.2, 0.25) is 0 Å². The second kappa shape index (κ2) is 6.26. The lowest BCUT2D eigenvalue weighted by Gasteiger charge is -2.19. The quantitative estimate of drug-likeness (QED) is 0.864. The Hall–Kier alpha value is -0.380. The zero-order valence-electron chi connectivity index (χ0n) is 9.33. The molecule has 1 atom stereocenters. The van der Waals surface area contributed by atoms with Gasteiger partial charge in [0.25, 0.3) is 0 Å². The van der Waals surface area contributed by atoms with Crippen molar-refractivity contribution in [2.45, 2.75) is 19.9 Å². The smallest absolute Gasteiger partial charge is 0.0455 e. The first-order valence-electron chi connectivity index (χ1n) is 5.33. The van der Waals surface area contributed by atoms with Gasteiger partial charge in [-0.05, 0) is 24.1 Å². The summed E-state index contributed by atoms with van der Waals surface area (Å²) in [4.78, 5) is 0. The first kappa shape index (κ1) is 12.7. The van der Waals surface area contributed by atoms with Gasteiger partial charge in [0.1, 0.15) is 0 Å². The van der Waals surface area contributed by atoms with E-state index in [1.807, 2.05) is 12.1 Å². The lowest BCUT2D eigenvalue weighted by atomic mass is 10.1. The molecule has 84 valence electrons. The Kier molecular flexibility index (Phi) is 5.29. The van der Waals surface area contributed by atoms with E-state index in [-0.39, 0.29) is 6.04 Å². The Labute approximate surface area is 100 Å². The lowest BCUT2D eigenvalue weighted by molar-refractivity contribution is 0.478. The molecule has 0 aliphatic heterocycles. The summed E-state index contributed by atoms with van der Waals surface area (Å²) in [7, 11) is 0. The van der Waals surface area contributed by atoms with Crippen LogP contribution in [0.25, 0.3) is 0 Å². The molecule has 0 saturated heterocycles. The van der Waals surface area contributed by atoms with E-state index >= 15 is 0 Å². The average molecular weight is 271 g/mol. The van der Waals surface area contributed by atoms with Gasteiger partial charge in [0.05, 0.1) is 0 Å². The van der Waals surface area contributed by atoms with Gasteiger partial charge in [-0.2, -0.15) is 0 Å². The molecule has 3 N–H and O–H groups in total. The van der Waals surface area contributed by atoms with Crippen molar-refractivity contribution in [3.8, 4) is 0 Å². The predicted octanol–water partition coefficient (Wildman–Crippen LogP) is 2.69. The first-order valence-corrected chi connectivity index (χ1v) is 6.12. The maximum absolute atomic E-state index is 5.78. The van der Waals surface area contributed by atoms with Crippen LogP contribution in [0.1, 0.15) is 25.5 Å². The molecule has 0 radical (unpaired) electrons. The summed E-state index contributed by atoms with van der Waals surface area (Å²) in [5, 5.41) is 3.47. The Balaban J connectivity index is 2.70. The van der Waals surface area contributed by atoms with Gasteiger partial charge in [0, 0.05) is 17.1 Å². The van der Waals surface area contributed by atoms with Gasteiger partial charge in [-0.3, -0.25) is 0 Å². The molecule has 0 aromatic heterocycles. The van der Waals surface area contributed by atoms with Crippen LogP contribution in [0.2, 0.25) is 0 Å². The Morgan fingerprint density at radius 3 is 2.53 bits per heavy atom. The van der Waals surface area contributed by atoms with Crippen LogP contribution in [0.5, 0.6) is 0 Å². The van der Waals surface area contributed by atoms with E-state index < -0.39 is 0 Å². The fourth-order valence-electron chi connectivity index (χ4n) is 1.46. The van der Waals surface area contributed by atoms with Crippen molar-refractivity contribution in [2.24, 2.45) is 11.7 Å². The normalized spacial score (nSPS) is 13.1. The predicted molar refractivity (Wildman–Crippen MR) is 68.8 cm³/mol. The molecule has 0 saturated carbocycles. The molecule has 1 aromatic carbocycles. The van der Waals surface area contributed by atoms with Crippen molar-refractivity contribution in [3.63, 3.8) is 0 Å². The fraction of sp³-hybridized carbons (Fsp3) is 0.500. The number of hydrogen-bond donors (Lipinski definition) is 2. The Morgan fingerprint density at radius 1 is 1.33 bits per heavy atom. The van der Waals surface area contributed by atoms with Gasteiger partial charge >= 0.3 is 0 Å². The highest BCUT2D eigenvalue weighted by Gasteiger charge is 2.11. The third kappa shape index (κ3) is 3.93. The average Bonchev–Trinajstić information content (AvgIpc) is 2.21. The molecule has 15 heavy (non-hydrogen) atoms. The van der Waals surface area contributed by atoms with E-state index in [0.29, 0.717) is 12.5 Å². The van der Waals surface area contributed by atoms with Crippen molar-refractivity contribution in [3.05, 3.63) is 34.3 Å². The van der Waals surface area contributed by atoms with Crippen LogP contribution < -0.4 is 11.1 Å². The van der Waals surface area contributed by atoms with E-state index in [4.69, 9.17) is 5.73 Å². The molecule has 2 nitrogen and oxygen atoms in total. The number of nitrogens with two attached hydrogens (primary N) is 1. The SMILES string of the molecule is CC(C)CNC(CN)c1ccccc1Br. The molecule has 0 fully saturated rings. The Morgan fingerprint density at radius 2 is 2.00 bits per heavy atom. The third-order valence-corrected chi connectivity index (χ3v) is 3.01. The largest absolute Gasteiger partial charge is 0.329 e. The van der Waals surface area contributed by atoms with Crippen LogP contribution in [0.3, 0.4) is 0 Å². The van der Waals surface area contributed by atoms with Crippen molar-refractivity contribution in [2.75, 3.05) is 13.1 Å². The van der Waals surface area contributed by atoms with Crippen molar-refractivity contribution < 1.29 is 0 Å². The van der Waals surface area contributed by atoms with Gasteiger partial charge in [0.15, 0.2) is 0 Å². The lowest BCUT2D eigenvalue weighted by Crippen LogP contribution is -2.31. The highest BCUT2D eigenvalue weighted by atomic mass is 79.9. The number of nitrogens with one attached hydrogen (secondary N) is 1. The van der Waals surface area contributed by atoms with Crippen molar-refractivity contribution in [1.82, 2.24) is 5.32 Å². The highest BCUT2D eigenvalue weighted by Crippen LogP contribution is 2.22. The molecule has 0 aliphatic carbocycles. The van der Waals surface area contributed by atoms with Gasteiger partial charge in [-0.1, -0.05) is 48.0 Å². The summed E-state index contributed by atoms with van der Waals surface area (Å²) < 4.78 is 1.12. The maximum atomic E-state index is 5.78. The topological polar surface area (TPSA) is 38.0 Å². The molecule has 0 bridgehead atoms. The van der Waals surface area contributed by atoms with Crippen molar-refractivity contribution in [1.29, 1.82) is 0 Å². The van der Waals surface area contributed by atoms with E-state index in [9.17, 15) is 0 Å². The molecule has 0 amide bonds. The molecular formula is C12H19BrN2. The van der Waals surface area contributed by atoms with Crippen LogP contribution in [0.15, 0.2) is 28.7 Å². The first-order chi connectivity index (χ1) is 7.15. The van der Waals surface area contributed by atoms with Crippen LogP contribution in [0, 0.1) is 5.92 Å². The number of rotatable bonds is 5. The van der Waals surface area contributed by atoms with E-state index in [1.165, 1.54) is 5.56 Å². The van der Waals surface area contributed by atoms with Crippen LogP contribution >= 0.6 is 15.9 Å². The van der Waals surface area contributed by atoms with E-state index in [2.05, 4.69) is 47.2 Å². The zero-order chi connectivity index (χ0) is 11.3. The minimum Gasteiger partial charge on any atom is -0.329 e. The van der Waals surface area contributed by atoms with Crippen LogP contribution in [-0.4, -0.2) is 13.1 Å². The number of hydrogen-bond acceptors (Lipinski definition) is 2. The molecule has 0 heterocycles. The van der Waals surface area contributed by atoms with Gasteiger partial charge in [-0.15, -0.1) is 0 Å². The second-order valence-electron chi connectivity index (χ2n) is 4.11. The number of halogens is 1. The second-order valence-corrected chi connectivity index (χ2v) is 4.97. The monoisotopic (exact) mass is 270 g/mol. The maximum Gasteiger partial charge on any atom is 0.0455 e. The molecule has 1 rings (SSSR count). The minimum absolute atomic E-state index is 0.239. The number of benzene rings is 1. The van der Waals surface area contributed by atoms with E-state index in [1.54, 1.807) is 0 Å². The summed E-state index contributed by atoms with van der Waals surface area (Å²) in [6.45, 7) is 6.00. The summed E-state index contributed by atoms with van der Waals surface area (Å²) in [5.41, 5.74) is 7.01. The minimum atomic E-state index is 0.239. The van der Waals surface area contributed by atoms with Crippen LogP contribution in [-0.2, 0) is 0 Å². The summed E-state index contributed by atoms with van der Waals surface area (Å²) in [6, 6.07) is 8.45. The standard InChI is InChI=1S/C12H19BrN2/c1-9(2)8-15-12(7-14)10-5-3-4-6-11(10)13/h3-6,9,12,15H,7-8,14H2,1-2H3. The fourth-order valence-corrected chi connectivity index (χ4v) is 2.02. The van der Waals surface area contributed by atoms with Gasteiger partial charge < -0.3 is 11.1 Å². The molecule has 1 aromatic rings. The molecule has 0 spiro atoms. The molecule has 0 aliphatic rings. The highest BCUT2D eigenvalue weighted by molar-refractivity contribution is 9.10. The third-order valence-electron chi connectivity index (χ3n) is 2.29. The molecular weight excluding hydrogens is 252 g/mol. The summed E-state index contributed by atoms with van der Waals surface area (Å²) in [6.07, 6.45) is 0. The van der Waals surface area contributed by atoms with Crippen LogP contribution in [0.4, 0.5) is 0 Å². The Bertz CT molecular complexity index is 299. The van der Waals surface area contributed by atoms with E-state index in [0.717, 1.165) is 11.0 Å². The summed E-state index contributed by atoms with van der Waals surface area (Å²) >= 11 is 3.55. The summed E-state index contributed by atoms with van der Waals surface area (Å²) in [5.74, 6) is 0.640. The van der Waals surface area contributed by atoms with Crippen molar-refractivity contribution >= 4 is 15.9 Å².